The lowest BCUT2D eigenvalue weighted by Gasteiger charge is -2.21. The fraction of sp³-hybridized carbons (Fsp3) is 0.400. The van der Waals surface area contributed by atoms with Crippen LogP contribution in [-0.4, -0.2) is 24.0 Å². The van der Waals surface area contributed by atoms with E-state index < -0.39 is 0 Å². The van der Waals surface area contributed by atoms with Crippen LogP contribution in [0.2, 0.25) is 5.02 Å². The van der Waals surface area contributed by atoms with E-state index in [1.807, 2.05) is 0 Å². The zero-order valence-electron chi connectivity index (χ0n) is 13.8. The normalized spacial score (nSPS) is 18.5. The monoisotopic (exact) mass is 328 g/mol. The van der Waals surface area contributed by atoms with E-state index in [-0.39, 0.29) is 0 Å². The topological polar surface area (TPSA) is 29.3 Å². The van der Waals surface area contributed by atoms with Gasteiger partial charge < -0.3 is 5.73 Å². The average Bonchev–Trinajstić information content (AvgIpc) is 2.95. The van der Waals surface area contributed by atoms with Gasteiger partial charge in [0.15, 0.2) is 0 Å². The van der Waals surface area contributed by atoms with Crippen molar-refractivity contribution in [2.75, 3.05) is 13.1 Å². The van der Waals surface area contributed by atoms with E-state index in [4.69, 9.17) is 17.3 Å². The highest BCUT2D eigenvalue weighted by Crippen LogP contribution is 2.28. The molecule has 1 heterocycles. The molecule has 1 saturated heterocycles. The van der Waals surface area contributed by atoms with E-state index in [2.05, 4.69) is 54.3 Å². The lowest BCUT2D eigenvalue weighted by atomic mass is 10.0. The number of halogens is 1. The van der Waals surface area contributed by atoms with E-state index >= 15 is 0 Å². The molecule has 2 aromatic carbocycles. The Balaban J connectivity index is 1.75. The van der Waals surface area contributed by atoms with E-state index in [1.54, 1.807) is 0 Å². The average molecular weight is 329 g/mol. The van der Waals surface area contributed by atoms with Crippen molar-refractivity contribution >= 4 is 11.6 Å². The summed E-state index contributed by atoms with van der Waals surface area (Å²) < 4.78 is 0. The van der Waals surface area contributed by atoms with Crippen LogP contribution in [0.4, 0.5) is 0 Å². The lowest BCUT2D eigenvalue weighted by Crippen LogP contribution is -2.26. The van der Waals surface area contributed by atoms with Crippen molar-refractivity contribution in [1.29, 1.82) is 0 Å². The molecule has 0 unspecified atom stereocenters. The van der Waals surface area contributed by atoms with Crippen LogP contribution in [0.15, 0.2) is 42.5 Å². The first-order chi connectivity index (χ1) is 11.2. The van der Waals surface area contributed by atoms with E-state index in [0.717, 1.165) is 18.0 Å². The van der Waals surface area contributed by atoms with E-state index in [1.165, 1.54) is 41.6 Å². The van der Waals surface area contributed by atoms with Gasteiger partial charge in [0.25, 0.3) is 0 Å². The molecule has 122 valence electrons. The summed E-state index contributed by atoms with van der Waals surface area (Å²) >= 11 is 6.54. The second-order valence-electron chi connectivity index (χ2n) is 6.50. The SMILES string of the molecule is C[C@@H]1CCCN1Cc1ccc(-c2ccc(CCN)cc2)cc1Cl. The van der Waals surface area contributed by atoms with Crippen LogP contribution < -0.4 is 5.73 Å². The summed E-state index contributed by atoms with van der Waals surface area (Å²) in [4.78, 5) is 2.52. The third-order valence-electron chi connectivity index (χ3n) is 4.84. The van der Waals surface area contributed by atoms with Gasteiger partial charge in [0, 0.05) is 17.6 Å². The zero-order chi connectivity index (χ0) is 16.2. The molecule has 3 heteroatoms. The predicted molar refractivity (Wildman–Crippen MR) is 98.8 cm³/mol. The van der Waals surface area contributed by atoms with Crippen LogP contribution in [0.25, 0.3) is 11.1 Å². The van der Waals surface area contributed by atoms with Crippen LogP contribution in [0, 0.1) is 0 Å². The maximum absolute atomic E-state index is 6.54. The standard InChI is InChI=1S/C20H25ClN2/c1-15-3-2-12-23(15)14-19-9-8-18(13-20(19)21)17-6-4-16(5-7-17)10-11-22/h4-9,13,15H,2-3,10-12,14,22H2,1H3/t15-/m1/s1. The number of nitrogens with zero attached hydrogens (tertiary/aromatic N) is 1. The van der Waals surface area contributed by atoms with Crippen molar-refractivity contribution < 1.29 is 0 Å². The molecule has 3 rings (SSSR count). The Morgan fingerprint density at radius 1 is 1.13 bits per heavy atom. The van der Waals surface area contributed by atoms with Crippen LogP contribution in [0.1, 0.15) is 30.9 Å². The van der Waals surface area contributed by atoms with Gasteiger partial charge in [-0.3, -0.25) is 4.90 Å². The number of benzene rings is 2. The summed E-state index contributed by atoms with van der Waals surface area (Å²) in [5, 5.41) is 0.868. The first-order valence-electron chi connectivity index (χ1n) is 8.49. The number of nitrogens with two attached hydrogens (primary N) is 1. The van der Waals surface area contributed by atoms with Crippen molar-refractivity contribution in [3.63, 3.8) is 0 Å². The van der Waals surface area contributed by atoms with Crippen molar-refractivity contribution in [2.45, 2.75) is 38.8 Å². The highest BCUT2D eigenvalue weighted by atomic mass is 35.5. The molecule has 0 aromatic heterocycles. The lowest BCUT2D eigenvalue weighted by molar-refractivity contribution is 0.260. The summed E-state index contributed by atoms with van der Waals surface area (Å²) in [6.45, 7) is 5.13. The molecule has 1 fully saturated rings. The Morgan fingerprint density at radius 2 is 1.87 bits per heavy atom. The highest BCUT2D eigenvalue weighted by molar-refractivity contribution is 6.31. The fourth-order valence-corrected chi connectivity index (χ4v) is 3.57. The van der Waals surface area contributed by atoms with E-state index in [0.29, 0.717) is 12.6 Å². The molecule has 2 nitrogen and oxygen atoms in total. The van der Waals surface area contributed by atoms with Crippen LogP contribution in [0.3, 0.4) is 0 Å². The van der Waals surface area contributed by atoms with Gasteiger partial charge in [-0.05, 0) is 67.6 Å². The number of hydrogen-bond donors (Lipinski definition) is 1. The summed E-state index contributed by atoms with van der Waals surface area (Å²) in [7, 11) is 0. The molecule has 1 aliphatic rings. The minimum atomic E-state index is 0.667. The van der Waals surface area contributed by atoms with Gasteiger partial charge in [-0.2, -0.15) is 0 Å². The van der Waals surface area contributed by atoms with Crippen LogP contribution in [0.5, 0.6) is 0 Å². The van der Waals surface area contributed by atoms with Crippen molar-refractivity contribution in [1.82, 2.24) is 4.90 Å². The molecule has 0 aliphatic carbocycles. The molecule has 1 aliphatic heterocycles. The molecule has 0 amide bonds. The number of hydrogen-bond acceptors (Lipinski definition) is 2. The predicted octanol–water partition coefficient (Wildman–Crippen LogP) is 4.49. The zero-order valence-corrected chi connectivity index (χ0v) is 14.5. The maximum atomic E-state index is 6.54. The summed E-state index contributed by atoms with van der Waals surface area (Å²) in [5.41, 5.74) is 10.5. The van der Waals surface area contributed by atoms with Gasteiger partial charge >= 0.3 is 0 Å². The molecule has 0 radical (unpaired) electrons. The third-order valence-corrected chi connectivity index (χ3v) is 5.19. The molecule has 2 aromatic rings. The summed E-state index contributed by atoms with van der Waals surface area (Å²) in [6, 6.07) is 15.7. The van der Waals surface area contributed by atoms with Gasteiger partial charge in [0.05, 0.1) is 0 Å². The fourth-order valence-electron chi connectivity index (χ4n) is 3.33. The first kappa shape index (κ1) is 16.5. The van der Waals surface area contributed by atoms with Gasteiger partial charge in [-0.15, -0.1) is 0 Å². The summed E-state index contributed by atoms with van der Waals surface area (Å²) in [5.74, 6) is 0. The second kappa shape index (κ2) is 7.48. The molecular weight excluding hydrogens is 304 g/mol. The maximum Gasteiger partial charge on any atom is 0.0457 e. The smallest absolute Gasteiger partial charge is 0.0457 e. The van der Waals surface area contributed by atoms with Crippen LogP contribution >= 0.6 is 11.6 Å². The van der Waals surface area contributed by atoms with Crippen molar-refractivity contribution in [3.05, 3.63) is 58.6 Å². The second-order valence-corrected chi connectivity index (χ2v) is 6.91. The Bertz CT molecular complexity index is 651. The largest absolute Gasteiger partial charge is 0.330 e. The molecule has 1 atom stereocenters. The highest BCUT2D eigenvalue weighted by Gasteiger charge is 2.20. The Labute approximate surface area is 144 Å². The van der Waals surface area contributed by atoms with Gasteiger partial charge in [-0.25, -0.2) is 0 Å². The van der Waals surface area contributed by atoms with Gasteiger partial charge in [-0.1, -0.05) is 48.0 Å². The quantitative estimate of drug-likeness (QED) is 0.876. The number of rotatable bonds is 5. The third kappa shape index (κ3) is 3.95. The molecule has 2 N–H and O–H groups in total. The Morgan fingerprint density at radius 3 is 2.48 bits per heavy atom. The van der Waals surface area contributed by atoms with E-state index in [9.17, 15) is 0 Å². The number of likely N-dealkylation sites (tertiary alicyclic amines) is 1. The molecule has 23 heavy (non-hydrogen) atoms. The molecular formula is C20H25ClN2. The summed E-state index contributed by atoms with van der Waals surface area (Å²) in [6.07, 6.45) is 3.52. The molecule has 0 bridgehead atoms. The molecule has 0 spiro atoms. The first-order valence-corrected chi connectivity index (χ1v) is 8.87. The van der Waals surface area contributed by atoms with Crippen molar-refractivity contribution in [3.8, 4) is 11.1 Å². The Hall–Kier alpha value is -1.35. The van der Waals surface area contributed by atoms with Crippen molar-refractivity contribution in [2.24, 2.45) is 5.73 Å². The van der Waals surface area contributed by atoms with Gasteiger partial charge in [0.2, 0.25) is 0 Å². The minimum Gasteiger partial charge on any atom is -0.330 e. The van der Waals surface area contributed by atoms with Crippen LogP contribution in [-0.2, 0) is 13.0 Å². The molecule has 0 saturated carbocycles. The van der Waals surface area contributed by atoms with Gasteiger partial charge in [0.1, 0.15) is 0 Å². The minimum absolute atomic E-state index is 0.667. The Kier molecular flexibility index (Phi) is 5.37.